The van der Waals surface area contributed by atoms with E-state index in [2.05, 4.69) is 40.9 Å². The summed E-state index contributed by atoms with van der Waals surface area (Å²) in [4.78, 5) is 23.8. The van der Waals surface area contributed by atoms with Crippen molar-refractivity contribution in [3.8, 4) is 11.1 Å². The second kappa shape index (κ2) is 7.87. The minimum Gasteiger partial charge on any atom is -0.467 e. The van der Waals surface area contributed by atoms with Crippen LogP contribution in [0.25, 0.3) is 11.1 Å². The molecule has 0 heterocycles. The van der Waals surface area contributed by atoms with Gasteiger partial charge in [-0.05, 0) is 28.7 Å². The Hall–Kier alpha value is -3.08. The summed E-state index contributed by atoms with van der Waals surface area (Å²) in [6.45, 7) is 3.78. The second-order valence-electron chi connectivity index (χ2n) is 6.07. The van der Waals surface area contributed by atoms with E-state index >= 15 is 0 Å². The van der Waals surface area contributed by atoms with Gasteiger partial charge < -0.3 is 14.8 Å². The Bertz CT molecular complexity index is 785. The van der Waals surface area contributed by atoms with Gasteiger partial charge in [-0.3, -0.25) is 0 Å². The molecule has 1 unspecified atom stereocenters. The maximum absolute atomic E-state index is 12.2. The lowest BCUT2D eigenvalue weighted by Crippen LogP contribution is -2.41. The molecule has 0 aromatic heterocycles. The van der Waals surface area contributed by atoms with Gasteiger partial charge in [0.2, 0.25) is 0 Å². The Kier molecular flexibility index (Phi) is 5.37. The zero-order valence-corrected chi connectivity index (χ0v) is 14.6. The molecular formula is C21H21NO4. The third-order valence-corrected chi connectivity index (χ3v) is 4.52. The summed E-state index contributed by atoms with van der Waals surface area (Å²) in [5.74, 6) is -0.553. The number of nitrogens with one attached hydrogen (secondary N) is 1. The molecule has 134 valence electrons. The molecule has 1 aliphatic rings. The van der Waals surface area contributed by atoms with E-state index in [1.54, 1.807) is 6.08 Å². The summed E-state index contributed by atoms with van der Waals surface area (Å²) >= 11 is 0. The Morgan fingerprint density at radius 1 is 1.12 bits per heavy atom. The van der Waals surface area contributed by atoms with E-state index in [1.165, 1.54) is 7.11 Å². The molecular weight excluding hydrogens is 330 g/mol. The predicted octanol–water partition coefficient (Wildman–Crippen LogP) is 3.64. The van der Waals surface area contributed by atoms with Crippen LogP contribution in [0, 0.1) is 0 Å². The van der Waals surface area contributed by atoms with Gasteiger partial charge in [-0.25, -0.2) is 9.59 Å². The highest BCUT2D eigenvalue weighted by Gasteiger charge is 2.29. The smallest absolute Gasteiger partial charge is 0.407 e. The highest BCUT2D eigenvalue weighted by Crippen LogP contribution is 2.44. The van der Waals surface area contributed by atoms with E-state index in [0.29, 0.717) is 0 Å². The number of benzene rings is 2. The van der Waals surface area contributed by atoms with Crippen molar-refractivity contribution in [1.82, 2.24) is 5.32 Å². The molecule has 0 spiro atoms. The van der Waals surface area contributed by atoms with Crippen molar-refractivity contribution in [3.63, 3.8) is 0 Å². The fourth-order valence-electron chi connectivity index (χ4n) is 3.31. The molecule has 1 N–H and O–H groups in total. The average Bonchev–Trinajstić information content (AvgIpc) is 2.99. The van der Waals surface area contributed by atoms with Crippen molar-refractivity contribution in [1.29, 1.82) is 0 Å². The largest absolute Gasteiger partial charge is 0.467 e. The molecule has 0 fully saturated rings. The maximum Gasteiger partial charge on any atom is 0.407 e. The van der Waals surface area contributed by atoms with E-state index in [1.807, 2.05) is 24.3 Å². The number of rotatable bonds is 6. The summed E-state index contributed by atoms with van der Waals surface area (Å²) in [6, 6.07) is 15.4. The standard InChI is InChI=1S/C21H21NO4/c1-3-8-19(20(23)25-2)22-21(24)26-13-18-16-11-6-4-9-14(16)15-10-5-7-12-17(15)18/h3-7,9-12,18-19H,1,8,13H2,2H3,(H,22,24). The highest BCUT2D eigenvalue weighted by atomic mass is 16.6. The Morgan fingerprint density at radius 2 is 1.69 bits per heavy atom. The number of esters is 1. The molecule has 0 saturated heterocycles. The normalized spacial score (nSPS) is 13.3. The highest BCUT2D eigenvalue weighted by molar-refractivity contribution is 5.82. The fraction of sp³-hybridized carbons (Fsp3) is 0.238. The van der Waals surface area contributed by atoms with Gasteiger partial charge in [-0.15, -0.1) is 6.58 Å². The van der Waals surface area contributed by atoms with Crippen LogP contribution in [0.4, 0.5) is 4.79 Å². The van der Waals surface area contributed by atoms with Crippen molar-refractivity contribution < 1.29 is 19.1 Å². The summed E-state index contributed by atoms with van der Waals surface area (Å²) in [5, 5.41) is 2.53. The van der Waals surface area contributed by atoms with Crippen molar-refractivity contribution in [3.05, 3.63) is 72.3 Å². The van der Waals surface area contributed by atoms with E-state index < -0.39 is 18.1 Å². The average molecular weight is 351 g/mol. The van der Waals surface area contributed by atoms with Crippen LogP contribution in [0.1, 0.15) is 23.5 Å². The van der Waals surface area contributed by atoms with Crippen LogP contribution in [0.5, 0.6) is 0 Å². The van der Waals surface area contributed by atoms with Gasteiger partial charge in [0.15, 0.2) is 0 Å². The molecule has 2 aromatic carbocycles. The molecule has 1 atom stereocenters. The molecule has 0 bridgehead atoms. The van der Waals surface area contributed by atoms with Crippen LogP contribution < -0.4 is 5.32 Å². The summed E-state index contributed by atoms with van der Waals surface area (Å²) in [7, 11) is 1.28. The van der Waals surface area contributed by atoms with Crippen LogP contribution in [0.15, 0.2) is 61.2 Å². The van der Waals surface area contributed by atoms with E-state index in [9.17, 15) is 9.59 Å². The van der Waals surface area contributed by atoms with Crippen molar-refractivity contribution >= 4 is 12.1 Å². The first-order valence-electron chi connectivity index (χ1n) is 8.46. The van der Waals surface area contributed by atoms with Crippen LogP contribution >= 0.6 is 0 Å². The molecule has 5 nitrogen and oxygen atoms in total. The molecule has 1 aliphatic carbocycles. The Labute approximate surface area is 152 Å². The minimum atomic E-state index is -0.798. The molecule has 5 heteroatoms. The molecule has 2 aromatic rings. The first-order chi connectivity index (χ1) is 12.7. The van der Waals surface area contributed by atoms with E-state index in [0.717, 1.165) is 22.3 Å². The second-order valence-corrected chi connectivity index (χ2v) is 6.07. The third-order valence-electron chi connectivity index (χ3n) is 4.52. The summed E-state index contributed by atoms with van der Waals surface area (Å²) < 4.78 is 10.1. The zero-order valence-electron chi connectivity index (χ0n) is 14.6. The van der Waals surface area contributed by atoms with Crippen molar-refractivity contribution in [2.45, 2.75) is 18.4 Å². The number of ether oxygens (including phenoxy) is 2. The lowest BCUT2D eigenvalue weighted by molar-refractivity contribution is -0.142. The van der Waals surface area contributed by atoms with Gasteiger partial charge in [0.25, 0.3) is 0 Å². The zero-order chi connectivity index (χ0) is 18.5. The van der Waals surface area contributed by atoms with Crippen molar-refractivity contribution in [2.24, 2.45) is 0 Å². The predicted molar refractivity (Wildman–Crippen MR) is 98.8 cm³/mol. The number of carbonyl (C=O) groups excluding carboxylic acids is 2. The lowest BCUT2D eigenvalue weighted by Gasteiger charge is -2.17. The Balaban J connectivity index is 1.70. The van der Waals surface area contributed by atoms with E-state index in [4.69, 9.17) is 4.74 Å². The summed E-state index contributed by atoms with van der Waals surface area (Å²) in [5.41, 5.74) is 4.60. The van der Waals surface area contributed by atoms with Crippen molar-refractivity contribution in [2.75, 3.05) is 13.7 Å². The van der Waals surface area contributed by atoms with Gasteiger partial charge in [-0.2, -0.15) is 0 Å². The Morgan fingerprint density at radius 3 is 2.23 bits per heavy atom. The third kappa shape index (κ3) is 3.47. The number of carbonyl (C=O) groups is 2. The molecule has 1 amide bonds. The van der Waals surface area contributed by atoms with Gasteiger partial charge in [0.1, 0.15) is 12.6 Å². The number of fused-ring (bicyclic) bond motifs is 3. The number of hydrogen-bond acceptors (Lipinski definition) is 4. The quantitative estimate of drug-likeness (QED) is 0.637. The van der Waals surface area contributed by atoms with Crippen LogP contribution in [0.2, 0.25) is 0 Å². The molecule has 0 aliphatic heterocycles. The number of amides is 1. The fourth-order valence-corrected chi connectivity index (χ4v) is 3.31. The van der Waals surface area contributed by atoms with Gasteiger partial charge in [-0.1, -0.05) is 54.6 Å². The SMILES string of the molecule is C=CCC(NC(=O)OCC1c2ccccc2-c2ccccc21)C(=O)OC. The minimum absolute atomic E-state index is 0.0240. The number of alkyl carbamates (subject to hydrolysis) is 1. The van der Waals surface area contributed by atoms with Crippen LogP contribution in [0.3, 0.4) is 0 Å². The molecule has 26 heavy (non-hydrogen) atoms. The molecule has 0 radical (unpaired) electrons. The first kappa shape index (κ1) is 17.7. The number of hydrogen-bond donors (Lipinski definition) is 1. The van der Waals surface area contributed by atoms with Crippen LogP contribution in [-0.2, 0) is 14.3 Å². The monoisotopic (exact) mass is 351 g/mol. The van der Waals surface area contributed by atoms with Crippen LogP contribution in [-0.4, -0.2) is 31.8 Å². The number of methoxy groups -OCH3 is 1. The topological polar surface area (TPSA) is 64.6 Å². The van der Waals surface area contributed by atoms with Gasteiger partial charge in [0.05, 0.1) is 7.11 Å². The van der Waals surface area contributed by atoms with E-state index in [-0.39, 0.29) is 18.9 Å². The first-order valence-corrected chi connectivity index (χ1v) is 8.46. The van der Waals surface area contributed by atoms with Gasteiger partial charge >= 0.3 is 12.1 Å². The summed E-state index contributed by atoms with van der Waals surface area (Å²) in [6.07, 6.45) is 1.17. The van der Waals surface area contributed by atoms with Gasteiger partial charge in [0, 0.05) is 5.92 Å². The maximum atomic E-state index is 12.2. The lowest BCUT2D eigenvalue weighted by atomic mass is 9.98. The molecule has 0 saturated carbocycles. The molecule has 3 rings (SSSR count).